The number of halogens is 1. The molecule has 2 aromatic carbocycles. The molecule has 0 bridgehead atoms. The smallest absolute Gasteiger partial charge is 0.344 e. The van der Waals surface area contributed by atoms with Crippen LogP contribution in [0.3, 0.4) is 0 Å². The zero-order chi connectivity index (χ0) is 23.2. The van der Waals surface area contributed by atoms with Gasteiger partial charge in [0.2, 0.25) is 0 Å². The van der Waals surface area contributed by atoms with Crippen molar-refractivity contribution in [2.75, 3.05) is 17.5 Å². The van der Waals surface area contributed by atoms with Gasteiger partial charge in [-0.2, -0.15) is 0 Å². The predicted molar refractivity (Wildman–Crippen MR) is 119 cm³/mol. The van der Waals surface area contributed by atoms with Crippen molar-refractivity contribution in [3.05, 3.63) is 71.8 Å². The Morgan fingerprint density at radius 1 is 1.13 bits per heavy atom. The number of hydrogen-bond donors (Lipinski definition) is 0. The lowest BCUT2D eigenvalue weighted by molar-refractivity contribution is -0.158. The quantitative estimate of drug-likeness (QED) is 0.428. The fourth-order valence-electron chi connectivity index (χ4n) is 2.59. The molecular formula is C22H24ClNO6S. The summed E-state index contributed by atoms with van der Waals surface area (Å²) in [5, 5.41) is 0.251. The van der Waals surface area contributed by atoms with Crippen LogP contribution in [0.5, 0.6) is 0 Å². The standard InChI is InChI=1S/C22H24ClNO6S/c1-5-13-24(19-12-7-6-11-18(19)23)31(27,28)17-10-8-9-16(14-17)21(26)29-15-20(25)30-22(2,3)4/h5-12,14H,1,13,15H2,2-4H3. The highest BCUT2D eigenvalue weighted by Crippen LogP contribution is 2.30. The van der Waals surface area contributed by atoms with Crippen molar-refractivity contribution in [3.8, 4) is 0 Å². The molecular weight excluding hydrogens is 442 g/mol. The van der Waals surface area contributed by atoms with Crippen molar-refractivity contribution in [1.29, 1.82) is 0 Å². The fourth-order valence-corrected chi connectivity index (χ4v) is 4.38. The highest BCUT2D eigenvalue weighted by atomic mass is 35.5. The molecule has 2 aromatic rings. The van der Waals surface area contributed by atoms with Crippen molar-refractivity contribution in [1.82, 2.24) is 0 Å². The number of hydrogen-bond acceptors (Lipinski definition) is 6. The zero-order valence-electron chi connectivity index (χ0n) is 17.5. The second kappa shape index (κ2) is 9.98. The molecule has 0 unspecified atom stereocenters. The van der Waals surface area contributed by atoms with E-state index in [-0.39, 0.29) is 27.7 Å². The molecule has 7 nitrogen and oxygen atoms in total. The number of ether oxygens (including phenoxy) is 2. The van der Waals surface area contributed by atoms with Gasteiger partial charge in [-0.3, -0.25) is 4.31 Å². The molecule has 0 saturated heterocycles. The molecule has 0 N–H and O–H groups in total. The van der Waals surface area contributed by atoms with Crippen molar-refractivity contribution in [3.63, 3.8) is 0 Å². The number of rotatable bonds is 8. The lowest BCUT2D eigenvalue weighted by atomic mass is 10.2. The van der Waals surface area contributed by atoms with Crippen molar-refractivity contribution in [2.24, 2.45) is 0 Å². The summed E-state index contributed by atoms with van der Waals surface area (Å²) in [4.78, 5) is 23.9. The van der Waals surface area contributed by atoms with Crippen LogP contribution < -0.4 is 4.31 Å². The van der Waals surface area contributed by atoms with Gasteiger partial charge in [0.25, 0.3) is 10.0 Å². The molecule has 166 valence electrons. The molecule has 0 saturated carbocycles. The summed E-state index contributed by atoms with van der Waals surface area (Å²) in [6.45, 7) is 8.06. The van der Waals surface area contributed by atoms with Crippen molar-refractivity contribution >= 4 is 39.3 Å². The average molecular weight is 466 g/mol. The van der Waals surface area contributed by atoms with Crippen LogP contribution in [0.25, 0.3) is 0 Å². The normalized spacial score (nSPS) is 11.5. The van der Waals surface area contributed by atoms with Crippen LogP contribution >= 0.6 is 11.6 Å². The summed E-state index contributed by atoms with van der Waals surface area (Å²) >= 11 is 6.19. The van der Waals surface area contributed by atoms with Gasteiger partial charge in [-0.25, -0.2) is 18.0 Å². The van der Waals surface area contributed by atoms with Crippen LogP contribution in [0.4, 0.5) is 5.69 Å². The van der Waals surface area contributed by atoms with Crippen LogP contribution in [0.1, 0.15) is 31.1 Å². The number of nitrogens with zero attached hydrogens (tertiary/aromatic N) is 1. The third kappa shape index (κ3) is 6.57. The molecule has 0 atom stereocenters. The number of para-hydroxylation sites is 1. The van der Waals surface area contributed by atoms with Crippen LogP contribution in [0.2, 0.25) is 5.02 Å². The third-order valence-corrected chi connectivity index (χ3v) is 5.91. The van der Waals surface area contributed by atoms with Gasteiger partial charge >= 0.3 is 11.9 Å². The van der Waals surface area contributed by atoms with Gasteiger partial charge in [0.1, 0.15) is 5.60 Å². The van der Waals surface area contributed by atoms with Gasteiger partial charge in [0, 0.05) is 0 Å². The monoisotopic (exact) mass is 465 g/mol. The van der Waals surface area contributed by atoms with Crippen LogP contribution in [-0.4, -0.2) is 39.1 Å². The van der Waals surface area contributed by atoms with Crippen LogP contribution in [-0.2, 0) is 24.3 Å². The van der Waals surface area contributed by atoms with E-state index in [9.17, 15) is 18.0 Å². The first kappa shape index (κ1) is 24.4. The lowest BCUT2D eigenvalue weighted by Crippen LogP contribution is -2.31. The Labute approximate surface area is 187 Å². The maximum absolute atomic E-state index is 13.3. The minimum atomic E-state index is -4.07. The second-order valence-corrected chi connectivity index (χ2v) is 9.74. The summed E-state index contributed by atoms with van der Waals surface area (Å²) in [6, 6.07) is 11.8. The van der Waals surface area contributed by atoms with Gasteiger partial charge < -0.3 is 9.47 Å². The third-order valence-electron chi connectivity index (χ3n) is 3.81. The Morgan fingerprint density at radius 2 is 1.81 bits per heavy atom. The highest BCUT2D eigenvalue weighted by Gasteiger charge is 2.27. The SMILES string of the molecule is C=CCN(c1ccccc1Cl)S(=O)(=O)c1cccc(C(=O)OCC(=O)OC(C)(C)C)c1. The summed E-state index contributed by atoms with van der Waals surface area (Å²) in [5.74, 6) is -1.56. The van der Waals surface area contributed by atoms with Crippen molar-refractivity contribution in [2.45, 2.75) is 31.3 Å². The lowest BCUT2D eigenvalue weighted by Gasteiger charge is -2.24. The topological polar surface area (TPSA) is 90.0 Å². The Kier molecular flexibility index (Phi) is 7.86. The van der Waals surface area contributed by atoms with E-state index >= 15 is 0 Å². The molecule has 0 spiro atoms. The molecule has 0 amide bonds. The van der Waals surface area contributed by atoms with E-state index in [1.165, 1.54) is 30.3 Å². The van der Waals surface area contributed by atoms with Gasteiger partial charge in [0.15, 0.2) is 6.61 Å². The Hall–Kier alpha value is -2.84. The van der Waals surface area contributed by atoms with E-state index in [0.717, 1.165) is 4.31 Å². The minimum absolute atomic E-state index is 0.0256. The van der Waals surface area contributed by atoms with Crippen LogP contribution in [0.15, 0.2) is 66.1 Å². The van der Waals surface area contributed by atoms with Gasteiger partial charge in [-0.05, 0) is 51.1 Å². The van der Waals surface area contributed by atoms with Gasteiger partial charge in [-0.1, -0.05) is 35.9 Å². The van der Waals surface area contributed by atoms with Gasteiger partial charge in [-0.15, -0.1) is 6.58 Å². The minimum Gasteiger partial charge on any atom is -0.457 e. The van der Waals surface area contributed by atoms with E-state index in [0.29, 0.717) is 0 Å². The first-order chi connectivity index (χ1) is 14.5. The average Bonchev–Trinajstić information content (AvgIpc) is 2.69. The number of benzene rings is 2. The Morgan fingerprint density at radius 3 is 2.42 bits per heavy atom. The Balaban J connectivity index is 2.28. The van der Waals surface area contributed by atoms with E-state index in [4.69, 9.17) is 21.1 Å². The molecule has 0 aliphatic heterocycles. The van der Waals surface area contributed by atoms with Gasteiger partial charge in [0.05, 0.1) is 27.7 Å². The maximum atomic E-state index is 13.3. The molecule has 0 aliphatic carbocycles. The van der Waals surface area contributed by atoms with E-state index < -0.39 is 34.2 Å². The van der Waals surface area contributed by atoms with E-state index in [1.807, 2.05) is 0 Å². The second-order valence-electron chi connectivity index (χ2n) is 7.47. The number of sulfonamides is 1. The molecule has 2 rings (SSSR count). The van der Waals surface area contributed by atoms with E-state index in [2.05, 4.69) is 6.58 Å². The molecule has 0 aliphatic rings. The predicted octanol–water partition coefficient (Wildman–Crippen LogP) is 4.22. The summed E-state index contributed by atoms with van der Waals surface area (Å²) in [5.41, 5.74) is -0.463. The molecule has 9 heteroatoms. The zero-order valence-corrected chi connectivity index (χ0v) is 19.1. The highest BCUT2D eigenvalue weighted by molar-refractivity contribution is 7.92. The molecule has 0 radical (unpaired) electrons. The van der Waals surface area contributed by atoms with Crippen LogP contribution in [0, 0.1) is 0 Å². The maximum Gasteiger partial charge on any atom is 0.344 e. The Bertz CT molecular complexity index is 1080. The molecule has 0 heterocycles. The first-order valence-electron chi connectivity index (χ1n) is 9.33. The fraction of sp³-hybridized carbons (Fsp3) is 0.273. The molecule has 31 heavy (non-hydrogen) atoms. The summed E-state index contributed by atoms with van der Waals surface area (Å²) < 4.78 is 37.7. The molecule has 0 fully saturated rings. The van der Waals surface area contributed by atoms with Crippen molar-refractivity contribution < 1.29 is 27.5 Å². The number of carbonyl (C=O) groups is 2. The summed E-state index contributed by atoms with van der Waals surface area (Å²) in [7, 11) is -4.07. The number of carbonyl (C=O) groups excluding carboxylic acids is 2. The summed E-state index contributed by atoms with van der Waals surface area (Å²) in [6.07, 6.45) is 1.43. The number of anilines is 1. The number of esters is 2. The van der Waals surface area contributed by atoms with E-state index in [1.54, 1.807) is 45.0 Å². The largest absolute Gasteiger partial charge is 0.457 e. The molecule has 0 aromatic heterocycles. The first-order valence-corrected chi connectivity index (χ1v) is 11.1.